The fourth-order valence-corrected chi connectivity index (χ4v) is 1.44. The molecule has 0 atom stereocenters. The summed E-state index contributed by atoms with van der Waals surface area (Å²) in [4.78, 5) is 4.12. The summed E-state index contributed by atoms with van der Waals surface area (Å²) in [6, 6.07) is 8.93. The quantitative estimate of drug-likeness (QED) is 0.848. The van der Waals surface area contributed by atoms with Gasteiger partial charge in [0.05, 0.1) is 12.3 Å². The zero-order valence-corrected chi connectivity index (χ0v) is 9.55. The monoisotopic (exact) mass is 230 g/mol. The molecule has 0 unspecified atom stereocenters. The number of hydrogen-bond acceptors (Lipinski definition) is 4. The maximum absolute atomic E-state index is 8.92. The Balaban J connectivity index is 2.19. The van der Waals surface area contributed by atoms with Crippen LogP contribution in [0.15, 0.2) is 36.5 Å². The van der Waals surface area contributed by atoms with Crippen LogP contribution in [0.1, 0.15) is 11.1 Å². The van der Waals surface area contributed by atoms with Crippen molar-refractivity contribution in [2.75, 3.05) is 5.73 Å². The van der Waals surface area contributed by atoms with E-state index in [1.807, 2.05) is 13.0 Å². The zero-order valence-electron chi connectivity index (χ0n) is 9.55. The van der Waals surface area contributed by atoms with Gasteiger partial charge in [0.15, 0.2) is 0 Å². The number of nitrogens with zero attached hydrogens (tertiary/aromatic N) is 1. The van der Waals surface area contributed by atoms with Gasteiger partial charge in [0.2, 0.25) is 5.88 Å². The van der Waals surface area contributed by atoms with Crippen molar-refractivity contribution < 1.29 is 9.84 Å². The fraction of sp³-hybridized carbons (Fsp3) is 0.154. The summed E-state index contributed by atoms with van der Waals surface area (Å²) >= 11 is 0. The number of pyridine rings is 1. The van der Waals surface area contributed by atoms with Crippen molar-refractivity contribution in [3.8, 4) is 11.6 Å². The Morgan fingerprint density at radius 1 is 1.29 bits per heavy atom. The highest BCUT2D eigenvalue weighted by Crippen LogP contribution is 2.25. The van der Waals surface area contributed by atoms with Gasteiger partial charge in [-0.2, -0.15) is 0 Å². The first-order valence-electron chi connectivity index (χ1n) is 5.29. The number of aliphatic hydroxyl groups is 1. The van der Waals surface area contributed by atoms with Crippen LogP contribution in [0.2, 0.25) is 0 Å². The largest absolute Gasteiger partial charge is 0.437 e. The first kappa shape index (κ1) is 11.4. The average molecular weight is 230 g/mol. The van der Waals surface area contributed by atoms with Crippen LogP contribution in [0.25, 0.3) is 0 Å². The SMILES string of the molecule is Cc1cnc(Oc2ccc(CO)cc2)c(N)c1. The Morgan fingerprint density at radius 3 is 2.59 bits per heavy atom. The molecule has 0 aliphatic heterocycles. The minimum atomic E-state index is 0.0190. The number of anilines is 1. The zero-order chi connectivity index (χ0) is 12.3. The third-order valence-electron chi connectivity index (χ3n) is 2.34. The van der Waals surface area contributed by atoms with E-state index in [9.17, 15) is 0 Å². The summed E-state index contributed by atoms with van der Waals surface area (Å²) in [6.45, 7) is 1.94. The van der Waals surface area contributed by atoms with E-state index in [1.165, 1.54) is 0 Å². The number of rotatable bonds is 3. The Morgan fingerprint density at radius 2 is 2.00 bits per heavy atom. The van der Waals surface area contributed by atoms with E-state index in [1.54, 1.807) is 30.5 Å². The predicted molar refractivity (Wildman–Crippen MR) is 65.8 cm³/mol. The number of ether oxygens (including phenoxy) is 1. The highest BCUT2D eigenvalue weighted by atomic mass is 16.5. The molecule has 0 bridgehead atoms. The van der Waals surface area contributed by atoms with Gasteiger partial charge >= 0.3 is 0 Å². The van der Waals surface area contributed by atoms with Gasteiger partial charge in [-0.3, -0.25) is 0 Å². The van der Waals surface area contributed by atoms with Crippen molar-refractivity contribution in [2.45, 2.75) is 13.5 Å². The summed E-state index contributed by atoms with van der Waals surface area (Å²) < 4.78 is 5.55. The van der Waals surface area contributed by atoms with E-state index in [4.69, 9.17) is 15.6 Å². The van der Waals surface area contributed by atoms with Gasteiger partial charge in [0.25, 0.3) is 0 Å². The molecule has 1 aromatic heterocycles. The minimum absolute atomic E-state index is 0.0190. The molecule has 1 aromatic carbocycles. The van der Waals surface area contributed by atoms with E-state index in [0.29, 0.717) is 17.3 Å². The van der Waals surface area contributed by atoms with Crippen LogP contribution in [-0.2, 0) is 6.61 Å². The van der Waals surface area contributed by atoms with Crippen molar-refractivity contribution in [1.82, 2.24) is 4.98 Å². The smallest absolute Gasteiger partial charge is 0.242 e. The highest BCUT2D eigenvalue weighted by molar-refractivity contribution is 5.50. The van der Waals surface area contributed by atoms with Crippen molar-refractivity contribution >= 4 is 5.69 Å². The first-order valence-corrected chi connectivity index (χ1v) is 5.29. The number of aryl methyl sites for hydroxylation is 1. The van der Waals surface area contributed by atoms with E-state index >= 15 is 0 Å². The number of benzene rings is 1. The lowest BCUT2D eigenvalue weighted by molar-refractivity contribution is 0.281. The van der Waals surface area contributed by atoms with Gasteiger partial charge in [-0.1, -0.05) is 12.1 Å². The minimum Gasteiger partial charge on any atom is -0.437 e. The first-order chi connectivity index (χ1) is 8.19. The Kier molecular flexibility index (Phi) is 3.25. The molecule has 1 heterocycles. The molecule has 88 valence electrons. The predicted octanol–water partition coefficient (Wildman–Crippen LogP) is 2.26. The second-order valence-electron chi connectivity index (χ2n) is 3.81. The third-order valence-corrected chi connectivity index (χ3v) is 2.34. The molecule has 17 heavy (non-hydrogen) atoms. The maximum Gasteiger partial charge on any atom is 0.242 e. The molecule has 4 nitrogen and oxygen atoms in total. The number of aromatic nitrogens is 1. The summed E-state index contributed by atoms with van der Waals surface area (Å²) in [5.74, 6) is 1.04. The van der Waals surface area contributed by atoms with Crippen LogP contribution in [0.5, 0.6) is 11.6 Å². The number of aliphatic hydroxyl groups excluding tert-OH is 1. The second-order valence-corrected chi connectivity index (χ2v) is 3.81. The molecule has 0 aliphatic carbocycles. The van der Waals surface area contributed by atoms with Crippen LogP contribution < -0.4 is 10.5 Å². The molecule has 2 rings (SSSR count). The Bertz CT molecular complexity index is 509. The maximum atomic E-state index is 8.92. The molecule has 0 spiro atoms. The summed E-state index contributed by atoms with van der Waals surface area (Å²) in [5.41, 5.74) is 8.13. The van der Waals surface area contributed by atoms with Crippen LogP contribution in [0, 0.1) is 6.92 Å². The molecule has 0 aliphatic rings. The van der Waals surface area contributed by atoms with Gasteiger partial charge in [-0.05, 0) is 36.2 Å². The number of nitrogen functional groups attached to an aromatic ring is 1. The molecular weight excluding hydrogens is 216 g/mol. The molecule has 0 saturated carbocycles. The van der Waals surface area contributed by atoms with Crippen LogP contribution >= 0.6 is 0 Å². The van der Waals surface area contributed by atoms with Crippen molar-refractivity contribution in [1.29, 1.82) is 0 Å². The van der Waals surface area contributed by atoms with Gasteiger partial charge in [-0.25, -0.2) is 4.98 Å². The van der Waals surface area contributed by atoms with Gasteiger partial charge < -0.3 is 15.6 Å². The fourth-order valence-electron chi connectivity index (χ4n) is 1.44. The summed E-state index contributed by atoms with van der Waals surface area (Å²) in [7, 11) is 0. The molecule has 0 saturated heterocycles. The molecular formula is C13H14N2O2. The van der Waals surface area contributed by atoms with Crippen LogP contribution in [0.4, 0.5) is 5.69 Å². The van der Waals surface area contributed by atoms with Gasteiger partial charge in [0.1, 0.15) is 5.75 Å². The Labute approximate surface area is 99.7 Å². The lowest BCUT2D eigenvalue weighted by atomic mass is 10.2. The van der Waals surface area contributed by atoms with Crippen molar-refractivity contribution in [3.05, 3.63) is 47.7 Å². The lowest BCUT2D eigenvalue weighted by Crippen LogP contribution is -1.95. The van der Waals surface area contributed by atoms with E-state index in [0.717, 1.165) is 11.1 Å². The van der Waals surface area contributed by atoms with Crippen LogP contribution in [-0.4, -0.2) is 10.1 Å². The topological polar surface area (TPSA) is 68.4 Å². The van der Waals surface area contributed by atoms with Gasteiger partial charge in [-0.15, -0.1) is 0 Å². The Hall–Kier alpha value is -2.07. The summed E-state index contributed by atoms with van der Waals surface area (Å²) in [5, 5.41) is 8.92. The normalized spacial score (nSPS) is 10.2. The molecule has 0 radical (unpaired) electrons. The third kappa shape index (κ3) is 2.73. The molecule has 0 amide bonds. The van der Waals surface area contributed by atoms with E-state index < -0.39 is 0 Å². The van der Waals surface area contributed by atoms with Gasteiger partial charge in [0, 0.05) is 6.20 Å². The highest BCUT2D eigenvalue weighted by Gasteiger charge is 2.03. The van der Waals surface area contributed by atoms with Crippen LogP contribution in [0.3, 0.4) is 0 Å². The second kappa shape index (κ2) is 4.84. The average Bonchev–Trinajstić information content (AvgIpc) is 2.34. The number of hydrogen-bond donors (Lipinski definition) is 2. The lowest BCUT2D eigenvalue weighted by Gasteiger charge is -2.08. The molecule has 3 N–H and O–H groups in total. The van der Waals surface area contributed by atoms with Crippen molar-refractivity contribution in [2.24, 2.45) is 0 Å². The van der Waals surface area contributed by atoms with E-state index in [2.05, 4.69) is 4.98 Å². The number of nitrogens with two attached hydrogens (primary N) is 1. The van der Waals surface area contributed by atoms with E-state index in [-0.39, 0.29) is 6.61 Å². The van der Waals surface area contributed by atoms with Crippen molar-refractivity contribution in [3.63, 3.8) is 0 Å². The summed E-state index contributed by atoms with van der Waals surface area (Å²) in [6.07, 6.45) is 1.70. The molecule has 2 aromatic rings. The molecule has 0 fully saturated rings. The molecule has 4 heteroatoms. The standard InChI is InChI=1S/C13H14N2O2/c1-9-6-12(14)13(15-7-9)17-11-4-2-10(8-16)3-5-11/h2-7,16H,8,14H2,1H3.